The number of carbonyl (C=O) groups excluding carboxylic acids is 2. The molecule has 0 bridgehead atoms. The van der Waals surface area contributed by atoms with Gasteiger partial charge in [-0.05, 0) is 31.5 Å². The van der Waals surface area contributed by atoms with Gasteiger partial charge in [-0.25, -0.2) is 4.98 Å². The van der Waals surface area contributed by atoms with Crippen molar-refractivity contribution >= 4 is 33.2 Å². The number of hydrogen-bond acceptors (Lipinski definition) is 4. The van der Waals surface area contributed by atoms with Gasteiger partial charge in [-0.2, -0.15) is 0 Å². The van der Waals surface area contributed by atoms with Crippen molar-refractivity contribution in [3.63, 3.8) is 0 Å². The van der Waals surface area contributed by atoms with Crippen LogP contribution in [0, 0.1) is 6.92 Å². The quantitative estimate of drug-likeness (QED) is 0.841. The highest BCUT2D eigenvalue weighted by atomic mass is 32.1. The summed E-state index contributed by atoms with van der Waals surface area (Å²) in [5, 5.41) is 0.954. The molecule has 0 saturated heterocycles. The van der Waals surface area contributed by atoms with Gasteiger partial charge >= 0.3 is 0 Å². The van der Waals surface area contributed by atoms with Crippen molar-refractivity contribution in [1.29, 1.82) is 0 Å². The van der Waals surface area contributed by atoms with Gasteiger partial charge in [-0.15, -0.1) is 11.3 Å². The fourth-order valence-electron chi connectivity index (χ4n) is 1.84. The van der Waals surface area contributed by atoms with Crippen molar-refractivity contribution in [3.8, 4) is 0 Å². The van der Waals surface area contributed by atoms with E-state index >= 15 is 0 Å². The van der Waals surface area contributed by atoms with Gasteiger partial charge in [0.15, 0.2) is 0 Å². The summed E-state index contributed by atoms with van der Waals surface area (Å²) in [7, 11) is 0. The zero-order valence-corrected chi connectivity index (χ0v) is 10.4. The molecule has 1 amide bonds. The molecule has 88 valence electrons. The molecule has 2 aromatic rings. The van der Waals surface area contributed by atoms with Crippen molar-refractivity contribution < 1.29 is 9.59 Å². The first-order valence-electron chi connectivity index (χ1n) is 5.16. The maximum atomic E-state index is 11.4. The summed E-state index contributed by atoms with van der Waals surface area (Å²) in [6, 6.07) is 5.36. The summed E-state index contributed by atoms with van der Waals surface area (Å²) in [6.07, 6.45) is 0. The molecular weight excluding hydrogens is 236 g/mol. The van der Waals surface area contributed by atoms with E-state index in [0.29, 0.717) is 5.56 Å². The number of primary amides is 1. The lowest BCUT2D eigenvalue weighted by molar-refractivity contribution is -0.127. The van der Waals surface area contributed by atoms with Crippen molar-refractivity contribution in [2.45, 2.75) is 19.8 Å². The third-order valence-electron chi connectivity index (χ3n) is 2.54. The Kier molecular flexibility index (Phi) is 2.93. The van der Waals surface area contributed by atoms with Gasteiger partial charge < -0.3 is 5.73 Å². The molecule has 2 rings (SSSR count). The first-order valence-corrected chi connectivity index (χ1v) is 5.97. The lowest BCUT2D eigenvalue weighted by Gasteiger charge is -2.09. The van der Waals surface area contributed by atoms with E-state index in [9.17, 15) is 9.59 Å². The number of aromatic nitrogens is 1. The van der Waals surface area contributed by atoms with Crippen molar-refractivity contribution in [3.05, 3.63) is 28.8 Å². The summed E-state index contributed by atoms with van der Waals surface area (Å²) >= 11 is 1.53. The average Bonchev–Trinajstić information content (AvgIpc) is 2.56. The van der Waals surface area contributed by atoms with Gasteiger partial charge in [0.25, 0.3) is 0 Å². The molecule has 1 aromatic carbocycles. The van der Waals surface area contributed by atoms with Gasteiger partial charge in [0.1, 0.15) is 11.7 Å². The second-order valence-electron chi connectivity index (χ2n) is 3.91. The molecule has 0 aliphatic heterocycles. The summed E-state index contributed by atoms with van der Waals surface area (Å²) in [4.78, 5) is 27.0. The maximum absolute atomic E-state index is 11.4. The SMILES string of the molecule is CC(=O)C(C(N)=O)c1ccc2nc(C)sc2c1. The molecule has 0 saturated carbocycles. The third kappa shape index (κ3) is 2.19. The summed E-state index contributed by atoms with van der Waals surface area (Å²) < 4.78 is 0.965. The van der Waals surface area contributed by atoms with Crippen LogP contribution in [0.5, 0.6) is 0 Å². The second-order valence-corrected chi connectivity index (χ2v) is 5.14. The Morgan fingerprint density at radius 1 is 1.41 bits per heavy atom. The molecule has 5 heteroatoms. The number of rotatable bonds is 3. The highest BCUT2D eigenvalue weighted by molar-refractivity contribution is 7.18. The summed E-state index contributed by atoms with van der Waals surface area (Å²) in [5.74, 6) is -1.71. The van der Waals surface area contributed by atoms with Crippen LogP contribution in [-0.4, -0.2) is 16.7 Å². The minimum absolute atomic E-state index is 0.238. The van der Waals surface area contributed by atoms with Crippen LogP contribution in [0.25, 0.3) is 10.2 Å². The molecule has 1 aromatic heterocycles. The molecule has 1 unspecified atom stereocenters. The van der Waals surface area contributed by atoms with E-state index in [1.165, 1.54) is 18.3 Å². The Labute approximate surface area is 102 Å². The predicted octanol–water partition coefficient (Wildman–Crippen LogP) is 1.76. The van der Waals surface area contributed by atoms with Crippen molar-refractivity contribution in [2.24, 2.45) is 5.73 Å². The molecule has 0 spiro atoms. The number of amides is 1. The Balaban J connectivity index is 2.54. The number of hydrogen-bond donors (Lipinski definition) is 1. The molecule has 4 nitrogen and oxygen atoms in total. The minimum atomic E-state index is -0.859. The van der Waals surface area contributed by atoms with Gasteiger partial charge in [0.05, 0.1) is 15.2 Å². The Morgan fingerprint density at radius 2 is 2.12 bits per heavy atom. The number of ketones is 1. The summed E-state index contributed by atoms with van der Waals surface area (Å²) in [6.45, 7) is 3.29. The van der Waals surface area contributed by atoms with E-state index in [1.807, 2.05) is 19.1 Å². The van der Waals surface area contributed by atoms with Crippen LogP contribution in [0.1, 0.15) is 23.4 Å². The Bertz CT molecular complexity index is 590. The highest BCUT2D eigenvalue weighted by Crippen LogP contribution is 2.26. The zero-order valence-electron chi connectivity index (χ0n) is 9.56. The van der Waals surface area contributed by atoms with E-state index in [4.69, 9.17) is 5.73 Å². The second kappa shape index (κ2) is 4.25. The van der Waals surface area contributed by atoms with Crippen LogP contribution in [0.3, 0.4) is 0 Å². The molecule has 1 heterocycles. The highest BCUT2D eigenvalue weighted by Gasteiger charge is 2.23. The molecule has 2 N–H and O–H groups in total. The Morgan fingerprint density at radius 3 is 2.71 bits per heavy atom. The molecule has 1 atom stereocenters. The molecule has 0 fully saturated rings. The van der Waals surface area contributed by atoms with Crippen LogP contribution in [0.4, 0.5) is 0 Å². The number of nitrogens with two attached hydrogens (primary N) is 1. The van der Waals surface area contributed by atoms with Gasteiger partial charge in [-0.3, -0.25) is 9.59 Å². The monoisotopic (exact) mass is 248 g/mol. The number of aryl methyl sites for hydroxylation is 1. The molecule has 17 heavy (non-hydrogen) atoms. The van der Waals surface area contributed by atoms with Crippen LogP contribution in [-0.2, 0) is 9.59 Å². The lowest BCUT2D eigenvalue weighted by atomic mass is 9.95. The minimum Gasteiger partial charge on any atom is -0.369 e. The van der Waals surface area contributed by atoms with Crippen LogP contribution < -0.4 is 5.73 Å². The topological polar surface area (TPSA) is 73.1 Å². The number of fused-ring (bicyclic) bond motifs is 1. The lowest BCUT2D eigenvalue weighted by Crippen LogP contribution is -2.26. The standard InChI is InChI=1S/C12H12N2O2S/c1-6(15)11(12(13)16)8-3-4-9-10(5-8)17-7(2)14-9/h3-5,11H,1-2H3,(H2,13,16). The van der Waals surface area contributed by atoms with Crippen LogP contribution in [0.15, 0.2) is 18.2 Å². The number of carbonyl (C=O) groups is 2. The smallest absolute Gasteiger partial charge is 0.232 e. The number of Topliss-reactive ketones (excluding diaryl/α,β-unsaturated/α-hetero) is 1. The van der Waals surface area contributed by atoms with E-state index in [-0.39, 0.29) is 5.78 Å². The van der Waals surface area contributed by atoms with Crippen molar-refractivity contribution in [1.82, 2.24) is 4.98 Å². The summed E-state index contributed by atoms with van der Waals surface area (Å²) in [5.41, 5.74) is 6.76. The fourth-order valence-corrected chi connectivity index (χ4v) is 2.71. The predicted molar refractivity (Wildman–Crippen MR) is 67.0 cm³/mol. The zero-order chi connectivity index (χ0) is 12.6. The maximum Gasteiger partial charge on any atom is 0.232 e. The molecule has 0 aliphatic carbocycles. The van der Waals surface area contributed by atoms with Gasteiger partial charge in [0, 0.05) is 0 Å². The number of thiazole rings is 1. The first kappa shape index (κ1) is 11.7. The first-order chi connectivity index (χ1) is 7.99. The molecule has 0 radical (unpaired) electrons. The van der Waals surface area contributed by atoms with E-state index in [1.54, 1.807) is 6.07 Å². The normalized spacial score (nSPS) is 12.6. The van der Waals surface area contributed by atoms with Gasteiger partial charge in [-0.1, -0.05) is 6.07 Å². The Hall–Kier alpha value is -1.75. The third-order valence-corrected chi connectivity index (χ3v) is 3.48. The van der Waals surface area contributed by atoms with E-state index in [0.717, 1.165) is 15.2 Å². The van der Waals surface area contributed by atoms with E-state index < -0.39 is 11.8 Å². The van der Waals surface area contributed by atoms with Crippen molar-refractivity contribution in [2.75, 3.05) is 0 Å². The fraction of sp³-hybridized carbons (Fsp3) is 0.250. The largest absolute Gasteiger partial charge is 0.369 e. The van der Waals surface area contributed by atoms with E-state index in [2.05, 4.69) is 4.98 Å². The number of benzene rings is 1. The average molecular weight is 248 g/mol. The molecule has 0 aliphatic rings. The van der Waals surface area contributed by atoms with Crippen LogP contribution >= 0.6 is 11.3 Å². The number of nitrogens with zero attached hydrogens (tertiary/aromatic N) is 1. The van der Waals surface area contributed by atoms with Gasteiger partial charge in [0.2, 0.25) is 5.91 Å². The molecular formula is C12H12N2O2S. The van der Waals surface area contributed by atoms with Crippen LogP contribution in [0.2, 0.25) is 0 Å².